The van der Waals surface area contributed by atoms with E-state index in [9.17, 15) is 19.2 Å². The molecule has 0 aliphatic carbocycles. The molecule has 0 unspecified atom stereocenters. The van der Waals surface area contributed by atoms with Crippen LogP contribution in [0.3, 0.4) is 0 Å². The molecule has 7 heterocycles. The number of carbonyl (C=O) groups excluding carboxylic acids is 4. The van der Waals surface area contributed by atoms with Crippen LogP contribution >= 0.6 is 11.6 Å². The maximum atomic E-state index is 12.9. The molecule has 13 rings (SSSR count). The van der Waals surface area contributed by atoms with Crippen LogP contribution in [0.15, 0.2) is 121 Å². The Bertz CT molecular complexity index is 3290. The molecule has 7 aliphatic rings. The van der Waals surface area contributed by atoms with Gasteiger partial charge in [-0.05, 0) is 128 Å². The maximum absolute atomic E-state index is 12.9. The fourth-order valence-electron chi connectivity index (χ4n) is 12.4. The summed E-state index contributed by atoms with van der Waals surface area (Å²) in [5, 5.41) is 0. The van der Waals surface area contributed by atoms with Crippen molar-refractivity contribution in [2.75, 3.05) is 65.9 Å². The van der Waals surface area contributed by atoms with Gasteiger partial charge < -0.3 is 55.6 Å². The first-order valence-electron chi connectivity index (χ1n) is 27.8. The molecule has 0 aromatic heterocycles. The number of piperidine rings is 3. The number of alkyl halides is 1. The first-order chi connectivity index (χ1) is 38.9. The van der Waals surface area contributed by atoms with Gasteiger partial charge in [0.2, 0.25) is 6.79 Å². The van der Waals surface area contributed by atoms with Crippen molar-refractivity contribution in [2.45, 2.75) is 87.2 Å². The Balaban J connectivity index is 0.000000127. The molecule has 0 saturated carbocycles. The number of halogens is 1. The monoisotopic (exact) mass is 1100 g/mol. The smallest absolute Gasteiger partial charge is 0.253 e. The van der Waals surface area contributed by atoms with Crippen molar-refractivity contribution in [3.8, 4) is 28.7 Å². The first kappa shape index (κ1) is 54.5. The predicted octanol–water partition coefficient (Wildman–Crippen LogP) is 8.81. The van der Waals surface area contributed by atoms with E-state index in [1.165, 1.54) is 23.6 Å². The lowest BCUT2D eigenvalue weighted by molar-refractivity contribution is 0.0639. The Labute approximate surface area is 472 Å². The molecule has 3 amide bonds. The van der Waals surface area contributed by atoms with Crippen molar-refractivity contribution in [2.24, 2.45) is 17.2 Å². The van der Waals surface area contributed by atoms with E-state index >= 15 is 0 Å². The molecular formula is C64H69ClN6O9. The summed E-state index contributed by atoms with van der Waals surface area (Å²) in [7, 11) is 0. The molecule has 6 aromatic rings. The topological polar surface area (TPSA) is 202 Å². The molecule has 80 heavy (non-hydrogen) atoms. The highest BCUT2D eigenvalue weighted by Crippen LogP contribution is 2.49. The fraction of sp³-hybridized carbons (Fsp3) is 0.375. The molecule has 416 valence electrons. The third kappa shape index (κ3) is 10.7. The number of carbonyl (C=O) groups is 4. The lowest BCUT2D eigenvalue weighted by atomic mass is 9.74. The summed E-state index contributed by atoms with van der Waals surface area (Å²) in [6.07, 6.45) is 5.38. The Hall–Kier alpha value is -7.43. The van der Waals surface area contributed by atoms with E-state index in [1.54, 1.807) is 36.4 Å². The largest absolute Gasteiger partial charge is 0.492 e. The molecule has 16 heteroatoms. The number of Topliss-reactive ketones (excluding diaryl/α,β-unsaturated/α-hetero) is 1. The van der Waals surface area contributed by atoms with E-state index in [2.05, 4.69) is 18.2 Å². The van der Waals surface area contributed by atoms with E-state index in [4.69, 9.17) is 52.5 Å². The average molecular weight is 1100 g/mol. The second-order valence-electron chi connectivity index (χ2n) is 22.2. The lowest BCUT2D eigenvalue weighted by Crippen LogP contribution is -2.46. The molecule has 0 radical (unpaired) electrons. The van der Waals surface area contributed by atoms with Crippen LogP contribution < -0.4 is 40.9 Å². The summed E-state index contributed by atoms with van der Waals surface area (Å²) in [5.41, 5.74) is 28.2. The molecule has 3 fully saturated rings. The van der Waals surface area contributed by atoms with Crippen LogP contribution in [0.4, 0.5) is 0 Å². The van der Waals surface area contributed by atoms with E-state index in [-0.39, 0.29) is 46.5 Å². The van der Waals surface area contributed by atoms with Crippen LogP contribution in [-0.4, -0.2) is 104 Å². The van der Waals surface area contributed by atoms with Crippen molar-refractivity contribution < 1.29 is 42.9 Å². The van der Waals surface area contributed by atoms with Crippen LogP contribution in [0.5, 0.6) is 28.7 Å². The Morgan fingerprint density at radius 3 is 1.11 bits per heavy atom. The number of nitrogens with zero attached hydrogens (tertiary/aromatic N) is 3. The number of amides is 3. The van der Waals surface area contributed by atoms with Crippen LogP contribution in [0.25, 0.3) is 0 Å². The molecule has 0 atom stereocenters. The first-order valence-corrected chi connectivity index (χ1v) is 28.3. The van der Waals surface area contributed by atoms with Gasteiger partial charge in [-0.3, -0.25) is 19.2 Å². The maximum Gasteiger partial charge on any atom is 0.253 e. The van der Waals surface area contributed by atoms with Crippen LogP contribution in [0.1, 0.15) is 126 Å². The van der Waals surface area contributed by atoms with Gasteiger partial charge in [-0.15, -0.1) is 11.6 Å². The minimum absolute atomic E-state index is 0.00524. The van der Waals surface area contributed by atoms with Gasteiger partial charge in [0, 0.05) is 120 Å². The lowest BCUT2D eigenvalue weighted by Gasteiger charge is -2.38. The summed E-state index contributed by atoms with van der Waals surface area (Å²) >= 11 is 5.82. The Kier molecular flexibility index (Phi) is 15.7. The molecule has 0 bridgehead atoms. The van der Waals surface area contributed by atoms with Crippen LogP contribution in [0, 0.1) is 0 Å². The van der Waals surface area contributed by atoms with Crippen molar-refractivity contribution in [1.82, 2.24) is 14.7 Å². The number of likely N-dealkylation sites (tertiary alicyclic amines) is 3. The van der Waals surface area contributed by atoms with E-state index in [1.807, 2.05) is 81.4 Å². The zero-order chi connectivity index (χ0) is 55.6. The van der Waals surface area contributed by atoms with Crippen molar-refractivity contribution in [3.63, 3.8) is 0 Å². The molecular weight excluding hydrogens is 1030 g/mol. The SMILES string of the molecule is CC(=O)c1ccc(C(=O)N2CCC3(CC2)COc2ccc(CN)cc23)cc1.NCc1ccc2c(c1)C1(CCN(C(=O)c3ccc(CCl)cc3)CC1)CO2.NCc1ccc2c(c1)C1(CCN(C(=O)c3ccc4c(c3)OCO4)CC1)CO2. The van der Waals surface area contributed by atoms with Crippen molar-refractivity contribution in [1.29, 1.82) is 0 Å². The quantitative estimate of drug-likeness (QED) is 0.0968. The number of nitrogens with two attached hydrogens (primary N) is 3. The van der Waals surface area contributed by atoms with E-state index in [0.29, 0.717) is 99.7 Å². The summed E-state index contributed by atoms with van der Waals surface area (Å²) in [6, 6.07) is 38.5. The summed E-state index contributed by atoms with van der Waals surface area (Å²) in [5.74, 6) is 4.84. The van der Waals surface area contributed by atoms with Gasteiger partial charge in [0.25, 0.3) is 17.7 Å². The number of benzene rings is 6. The van der Waals surface area contributed by atoms with Gasteiger partial charge >= 0.3 is 0 Å². The zero-order valence-electron chi connectivity index (χ0n) is 45.3. The van der Waals surface area contributed by atoms with E-state index in [0.717, 1.165) is 96.7 Å². The molecule has 6 aromatic carbocycles. The summed E-state index contributed by atoms with van der Waals surface area (Å²) in [4.78, 5) is 55.7. The number of fused-ring (bicyclic) bond motifs is 7. The predicted molar refractivity (Wildman–Crippen MR) is 305 cm³/mol. The third-order valence-electron chi connectivity index (χ3n) is 17.6. The van der Waals surface area contributed by atoms with Crippen molar-refractivity contribution in [3.05, 3.63) is 183 Å². The van der Waals surface area contributed by atoms with Crippen molar-refractivity contribution >= 4 is 35.1 Å². The van der Waals surface area contributed by atoms with Gasteiger partial charge in [0.05, 0.1) is 19.8 Å². The van der Waals surface area contributed by atoms with Gasteiger partial charge in [0.15, 0.2) is 17.3 Å². The number of ketones is 1. The highest BCUT2D eigenvalue weighted by atomic mass is 35.5. The average Bonchev–Trinajstić information content (AvgIpc) is 4.41. The zero-order valence-corrected chi connectivity index (χ0v) is 46.1. The molecule has 7 aliphatic heterocycles. The molecule has 3 saturated heterocycles. The second kappa shape index (κ2) is 23.0. The minimum Gasteiger partial charge on any atom is -0.492 e. The second-order valence-corrected chi connectivity index (χ2v) is 22.5. The summed E-state index contributed by atoms with van der Waals surface area (Å²) in [6.45, 7) is 9.67. The van der Waals surface area contributed by atoms with Gasteiger partial charge in [0.1, 0.15) is 17.2 Å². The third-order valence-corrected chi connectivity index (χ3v) is 17.9. The molecule has 15 nitrogen and oxygen atoms in total. The summed E-state index contributed by atoms with van der Waals surface area (Å²) < 4.78 is 28.5. The molecule has 3 spiro atoms. The van der Waals surface area contributed by atoms with Crippen LogP contribution in [-0.2, 0) is 41.8 Å². The highest BCUT2D eigenvalue weighted by Gasteiger charge is 2.47. The van der Waals surface area contributed by atoms with Gasteiger partial charge in [-0.2, -0.15) is 0 Å². The number of hydrogen-bond donors (Lipinski definition) is 3. The molecule has 6 N–H and O–H groups in total. The number of ether oxygens (including phenoxy) is 5. The Morgan fingerprint density at radius 2 is 0.738 bits per heavy atom. The normalized spacial score (nSPS) is 18.1. The van der Waals surface area contributed by atoms with E-state index < -0.39 is 0 Å². The number of rotatable bonds is 8. The Morgan fingerprint density at radius 1 is 0.412 bits per heavy atom. The van der Waals surface area contributed by atoms with Crippen LogP contribution in [0.2, 0.25) is 0 Å². The fourth-order valence-corrected chi connectivity index (χ4v) is 12.6. The van der Waals surface area contributed by atoms with Gasteiger partial charge in [-0.25, -0.2) is 0 Å². The minimum atomic E-state index is -0.0181. The van der Waals surface area contributed by atoms with Gasteiger partial charge in [-0.1, -0.05) is 60.7 Å². The number of hydrogen-bond acceptors (Lipinski definition) is 12. The standard InChI is InChI=1S/C22H24N2O3.C21H23ClN2O2.C21H22N2O4/c1-15(25)17-3-5-18(6-4-17)21(26)24-10-8-22(9-11-24)14-27-20-7-2-16(13-23)12-19(20)22;22-12-15-1-4-17(5-2-15)20(25)24-9-7-21(8-10-24)14-26-19-6-3-16(13-23)11-18(19)21;22-11-14-1-3-17-16(9-14)21(12-25-17)5-7-23(8-6-21)20(24)15-2-4-18-19(10-15)27-13-26-18/h2-7,12H,8-11,13-14,23H2,1H3;1-6,11H,7-10,12-14,23H2;1-4,9-10H,5-8,11-13,22H2. The highest BCUT2D eigenvalue weighted by molar-refractivity contribution is 6.17.